The normalized spacial score (nSPS) is 23.2. The second-order valence-corrected chi connectivity index (χ2v) is 8.22. The highest BCUT2D eigenvalue weighted by Gasteiger charge is 2.39. The van der Waals surface area contributed by atoms with Crippen LogP contribution in [-0.4, -0.2) is 61.2 Å². The number of halogens is 1. The Balaban J connectivity index is 0.00000210. The number of carbonyl (C=O) groups excluding carboxylic acids is 1. The van der Waals surface area contributed by atoms with Crippen LogP contribution in [0.4, 0.5) is 4.79 Å². The highest BCUT2D eigenvalue weighted by molar-refractivity contribution is 5.85. The maximum Gasteiger partial charge on any atom is 0.410 e. The van der Waals surface area contributed by atoms with Gasteiger partial charge in [-0.1, -0.05) is 30.3 Å². The lowest BCUT2D eigenvalue weighted by Crippen LogP contribution is -2.51. The molecule has 0 atom stereocenters. The fourth-order valence-corrected chi connectivity index (χ4v) is 4.81. The summed E-state index contributed by atoms with van der Waals surface area (Å²) in [6, 6.07) is 10.5. The molecular formula is C21H32ClN3O2. The third-order valence-corrected chi connectivity index (χ3v) is 6.64. The van der Waals surface area contributed by atoms with Gasteiger partial charge < -0.3 is 19.9 Å². The van der Waals surface area contributed by atoms with E-state index in [9.17, 15) is 4.79 Å². The number of rotatable bonds is 3. The van der Waals surface area contributed by atoms with Crippen LogP contribution >= 0.6 is 12.4 Å². The van der Waals surface area contributed by atoms with E-state index in [4.69, 9.17) is 4.74 Å². The minimum atomic E-state index is -0.165. The van der Waals surface area contributed by atoms with Gasteiger partial charge in [-0.2, -0.15) is 0 Å². The molecule has 3 fully saturated rings. The zero-order valence-corrected chi connectivity index (χ0v) is 16.9. The van der Waals surface area contributed by atoms with Crippen LogP contribution in [-0.2, 0) is 11.3 Å². The van der Waals surface area contributed by atoms with E-state index in [0.29, 0.717) is 18.1 Å². The fraction of sp³-hybridized carbons (Fsp3) is 0.667. The molecule has 0 aromatic heterocycles. The molecule has 0 saturated carbocycles. The van der Waals surface area contributed by atoms with Gasteiger partial charge in [-0.15, -0.1) is 12.4 Å². The second kappa shape index (κ2) is 9.26. The van der Waals surface area contributed by atoms with Crippen molar-refractivity contribution in [1.29, 1.82) is 0 Å². The van der Waals surface area contributed by atoms with Gasteiger partial charge >= 0.3 is 6.09 Å². The van der Waals surface area contributed by atoms with Gasteiger partial charge in [-0.25, -0.2) is 4.79 Å². The standard InChI is InChI=1S/C21H31N3O2.ClH/c25-20(26-16-18-4-2-1-3-5-18)24-12-6-19(7-13-24)23-14-9-21(10-15-23)8-11-22-17-21;/h1-5,19,22H,6-17H2;1H. The van der Waals surface area contributed by atoms with Crippen molar-refractivity contribution >= 4 is 18.5 Å². The number of carbonyl (C=O) groups is 1. The largest absolute Gasteiger partial charge is 0.445 e. The van der Waals surface area contributed by atoms with Crippen molar-refractivity contribution in [3.63, 3.8) is 0 Å². The monoisotopic (exact) mass is 393 g/mol. The van der Waals surface area contributed by atoms with E-state index < -0.39 is 0 Å². The molecule has 1 spiro atoms. The van der Waals surface area contributed by atoms with Crippen LogP contribution in [0.2, 0.25) is 0 Å². The van der Waals surface area contributed by atoms with E-state index in [1.54, 1.807) is 0 Å². The highest BCUT2D eigenvalue weighted by atomic mass is 35.5. The lowest BCUT2D eigenvalue weighted by molar-refractivity contribution is 0.0415. The summed E-state index contributed by atoms with van der Waals surface area (Å²) in [5, 5.41) is 3.54. The van der Waals surface area contributed by atoms with Crippen LogP contribution in [0.1, 0.15) is 37.7 Å². The smallest absolute Gasteiger partial charge is 0.410 e. The molecule has 3 aliphatic heterocycles. The number of amides is 1. The number of nitrogens with zero attached hydrogens (tertiary/aromatic N) is 2. The molecule has 0 radical (unpaired) electrons. The van der Waals surface area contributed by atoms with Crippen LogP contribution in [0.25, 0.3) is 0 Å². The van der Waals surface area contributed by atoms with Crippen LogP contribution in [0.3, 0.4) is 0 Å². The predicted octanol–water partition coefficient (Wildman–Crippen LogP) is 3.28. The summed E-state index contributed by atoms with van der Waals surface area (Å²) in [7, 11) is 0. The number of hydrogen-bond acceptors (Lipinski definition) is 4. The molecule has 4 rings (SSSR count). The van der Waals surface area contributed by atoms with Crippen molar-refractivity contribution in [2.24, 2.45) is 5.41 Å². The summed E-state index contributed by atoms with van der Waals surface area (Å²) in [6.45, 7) is 6.87. The minimum absolute atomic E-state index is 0. The van der Waals surface area contributed by atoms with Crippen molar-refractivity contribution < 1.29 is 9.53 Å². The number of benzene rings is 1. The van der Waals surface area contributed by atoms with Crippen molar-refractivity contribution in [2.75, 3.05) is 39.3 Å². The molecule has 6 heteroatoms. The van der Waals surface area contributed by atoms with Gasteiger partial charge in [0.15, 0.2) is 0 Å². The van der Waals surface area contributed by atoms with E-state index in [2.05, 4.69) is 10.2 Å². The quantitative estimate of drug-likeness (QED) is 0.855. The Hall–Kier alpha value is -1.30. The van der Waals surface area contributed by atoms with Crippen LogP contribution in [0.15, 0.2) is 30.3 Å². The predicted molar refractivity (Wildman–Crippen MR) is 109 cm³/mol. The first-order valence-electron chi connectivity index (χ1n) is 10.1. The molecule has 150 valence electrons. The number of hydrogen-bond donors (Lipinski definition) is 1. The molecule has 1 N–H and O–H groups in total. The first-order chi connectivity index (χ1) is 12.7. The average molecular weight is 394 g/mol. The molecule has 1 aromatic carbocycles. The lowest BCUT2D eigenvalue weighted by Gasteiger charge is -2.44. The van der Waals surface area contributed by atoms with Crippen molar-refractivity contribution in [1.82, 2.24) is 15.1 Å². The van der Waals surface area contributed by atoms with Gasteiger partial charge in [0.2, 0.25) is 0 Å². The summed E-state index contributed by atoms with van der Waals surface area (Å²) in [5.74, 6) is 0. The lowest BCUT2D eigenvalue weighted by atomic mass is 9.77. The van der Waals surface area contributed by atoms with Gasteiger partial charge in [0.1, 0.15) is 6.61 Å². The van der Waals surface area contributed by atoms with Crippen molar-refractivity contribution in [2.45, 2.75) is 44.8 Å². The molecule has 0 unspecified atom stereocenters. The molecule has 27 heavy (non-hydrogen) atoms. The topological polar surface area (TPSA) is 44.8 Å². The molecule has 0 bridgehead atoms. The van der Waals surface area contributed by atoms with E-state index in [-0.39, 0.29) is 18.5 Å². The van der Waals surface area contributed by atoms with Crippen molar-refractivity contribution in [3.8, 4) is 0 Å². The molecule has 3 aliphatic rings. The number of ether oxygens (including phenoxy) is 1. The van der Waals surface area contributed by atoms with E-state index in [1.807, 2.05) is 35.2 Å². The summed E-state index contributed by atoms with van der Waals surface area (Å²) in [6.07, 6.45) is 6.00. The SMILES string of the molecule is Cl.O=C(OCc1ccccc1)N1CCC(N2CCC3(CCNC3)CC2)CC1. The molecule has 5 nitrogen and oxygen atoms in total. The Labute approximate surface area is 168 Å². The Morgan fingerprint density at radius 2 is 1.78 bits per heavy atom. The first kappa shape index (κ1) is 20.4. The highest BCUT2D eigenvalue weighted by Crippen LogP contribution is 2.38. The molecular weight excluding hydrogens is 362 g/mol. The second-order valence-electron chi connectivity index (χ2n) is 8.22. The number of likely N-dealkylation sites (tertiary alicyclic amines) is 2. The van der Waals surface area contributed by atoms with Crippen molar-refractivity contribution in [3.05, 3.63) is 35.9 Å². The van der Waals surface area contributed by atoms with Gasteiger partial charge in [0, 0.05) is 25.7 Å². The van der Waals surface area contributed by atoms with Gasteiger partial charge in [0.25, 0.3) is 0 Å². The Morgan fingerprint density at radius 3 is 2.41 bits per heavy atom. The Morgan fingerprint density at radius 1 is 1.07 bits per heavy atom. The minimum Gasteiger partial charge on any atom is -0.445 e. The fourth-order valence-electron chi connectivity index (χ4n) is 4.81. The van der Waals surface area contributed by atoms with E-state index in [1.165, 1.54) is 45.4 Å². The molecule has 1 aromatic rings. The number of piperidine rings is 2. The summed E-state index contributed by atoms with van der Waals surface area (Å²) >= 11 is 0. The van der Waals surface area contributed by atoms with Gasteiger partial charge in [-0.3, -0.25) is 0 Å². The average Bonchev–Trinajstić information content (AvgIpc) is 3.16. The van der Waals surface area contributed by atoms with Crippen LogP contribution < -0.4 is 5.32 Å². The maximum absolute atomic E-state index is 12.3. The summed E-state index contributed by atoms with van der Waals surface area (Å²) < 4.78 is 5.48. The first-order valence-corrected chi connectivity index (χ1v) is 10.1. The molecule has 3 saturated heterocycles. The van der Waals surface area contributed by atoms with E-state index >= 15 is 0 Å². The molecule has 1 amide bonds. The Bertz CT molecular complexity index is 589. The molecule has 3 heterocycles. The number of nitrogens with one attached hydrogen (secondary N) is 1. The third kappa shape index (κ3) is 4.95. The zero-order valence-electron chi connectivity index (χ0n) is 16.1. The van der Waals surface area contributed by atoms with Gasteiger partial charge in [-0.05, 0) is 62.7 Å². The molecule has 0 aliphatic carbocycles. The Kier molecular flexibility index (Phi) is 7.01. The maximum atomic E-state index is 12.3. The van der Waals surface area contributed by atoms with Gasteiger partial charge in [0.05, 0.1) is 0 Å². The van der Waals surface area contributed by atoms with Crippen LogP contribution in [0.5, 0.6) is 0 Å². The van der Waals surface area contributed by atoms with Crippen LogP contribution in [0, 0.1) is 5.41 Å². The summed E-state index contributed by atoms with van der Waals surface area (Å²) in [4.78, 5) is 16.9. The third-order valence-electron chi connectivity index (χ3n) is 6.64. The zero-order chi connectivity index (χ0) is 17.8. The summed E-state index contributed by atoms with van der Waals surface area (Å²) in [5.41, 5.74) is 1.62. The van der Waals surface area contributed by atoms with E-state index in [0.717, 1.165) is 31.5 Å².